The van der Waals surface area contributed by atoms with Crippen LogP contribution in [0.4, 0.5) is 0 Å². The molecule has 2 aromatic heterocycles. The zero-order valence-electron chi connectivity index (χ0n) is 27.3. The maximum absolute atomic E-state index is 12.7. The third kappa shape index (κ3) is 17.6. The fourth-order valence-electron chi connectivity index (χ4n) is 4.97. The van der Waals surface area contributed by atoms with Crippen LogP contribution in [-0.2, 0) is 24.4 Å². The molecule has 0 unspecified atom stereocenters. The lowest BCUT2D eigenvalue weighted by atomic mass is 9.93. The third-order valence-corrected chi connectivity index (χ3v) is 7.65. The predicted molar refractivity (Wildman–Crippen MR) is 183 cm³/mol. The number of benzene rings is 1. The highest BCUT2D eigenvalue weighted by Gasteiger charge is 2.26. The summed E-state index contributed by atoms with van der Waals surface area (Å²) in [6.07, 6.45) is 18.3. The molecule has 1 atom stereocenters. The number of rotatable bonds is 23. The number of aliphatic carboxylic acids is 1. The molecule has 0 saturated heterocycles. The SMILES string of the molecule is CCCCCCCCCCCCN.O=C(O)[C@@H](CCCNCc1ccccn1)C(=O)c1ccc(CNCc2ccccn2)cc1. The van der Waals surface area contributed by atoms with Crippen molar-refractivity contribution < 1.29 is 14.7 Å². The topological polar surface area (TPSA) is 130 Å². The highest BCUT2D eigenvalue weighted by atomic mass is 16.4. The van der Waals surface area contributed by atoms with Crippen LogP contribution in [-0.4, -0.2) is 39.9 Å². The van der Waals surface area contributed by atoms with Crippen LogP contribution < -0.4 is 16.4 Å². The van der Waals surface area contributed by atoms with Crippen LogP contribution in [0, 0.1) is 5.92 Å². The molecule has 0 aliphatic carbocycles. The quantitative estimate of drug-likeness (QED) is 0.0504. The molecule has 5 N–H and O–H groups in total. The number of hydrogen-bond acceptors (Lipinski definition) is 7. The minimum Gasteiger partial charge on any atom is -0.481 e. The lowest BCUT2D eigenvalue weighted by molar-refractivity contribution is -0.140. The first-order valence-corrected chi connectivity index (χ1v) is 16.8. The van der Waals surface area contributed by atoms with Gasteiger partial charge in [0.25, 0.3) is 0 Å². The van der Waals surface area contributed by atoms with E-state index in [0.29, 0.717) is 38.2 Å². The predicted octanol–water partition coefficient (Wildman–Crippen LogP) is 7.09. The van der Waals surface area contributed by atoms with Gasteiger partial charge in [-0.25, -0.2) is 0 Å². The van der Waals surface area contributed by atoms with Crippen molar-refractivity contribution in [3.63, 3.8) is 0 Å². The van der Waals surface area contributed by atoms with E-state index in [2.05, 4.69) is 27.5 Å². The van der Waals surface area contributed by atoms with E-state index in [1.165, 1.54) is 64.2 Å². The van der Waals surface area contributed by atoms with E-state index in [9.17, 15) is 14.7 Å². The fraction of sp³-hybridized carbons (Fsp3) is 0.514. The number of ketones is 1. The molecule has 0 amide bonds. The van der Waals surface area contributed by atoms with Crippen molar-refractivity contribution in [2.45, 2.75) is 104 Å². The summed E-state index contributed by atoms with van der Waals surface area (Å²) in [4.78, 5) is 32.9. The minimum absolute atomic E-state index is 0.288. The smallest absolute Gasteiger partial charge is 0.314 e. The number of carbonyl (C=O) groups excluding carboxylic acids is 1. The van der Waals surface area contributed by atoms with Gasteiger partial charge in [0.15, 0.2) is 5.78 Å². The van der Waals surface area contributed by atoms with Crippen molar-refractivity contribution in [3.05, 3.63) is 95.6 Å². The van der Waals surface area contributed by atoms with Crippen molar-refractivity contribution in [2.24, 2.45) is 11.7 Å². The normalized spacial score (nSPS) is 11.4. The molecule has 3 rings (SSSR count). The maximum atomic E-state index is 12.7. The molecule has 0 aliphatic heterocycles. The van der Waals surface area contributed by atoms with Gasteiger partial charge >= 0.3 is 5.97 Å². The average Bonchev–Trinajstić information content (AvgIpc) is 3.07. The van der Waals surface area contributed by atoms with E-state index < -0.39 is 11.9 Å². The molecule has 8 heteroatoms. The number of nitrogens with one attached hydrogen (secondary N) is 2. The molecule has 8 nitrogen and oxygen atoms in total. The van der Waals surface area contributed by atoms with Gasteiger partial charge in [0.2, 0.25) is 0 Å². The first-order valence-electron chi connectivity index (χ1n) is 16.8. The highest BCUT2D eigenvalue weighted by Crippen LogP contribution is 2.16. The number of carboxylic acid groups (broad SMARTS) is 1. The molecular weight excluding hydrogens is 562 g/mol. The zero-order chi connectivity index (χ0) is 32.4. The van der Waals surface area contributed by atoms with E-state index in [1.807, 2.05) is 48.5 Å². The first kappa shape index (κ1) is 37.7. The molecule has 0 fully saturated rings. The van der Waals surface area contributed by atoms with Gasteiger partial charge in [-0.2, -0.15) is 0 Å². The van der Waals surface area contributed by atoms with Crippen LogP contribution in [0.2, 0.25) is 0 Å². The maximum Gasteiger partial charge on any atom is 0.314 e. The van der Waals surface area contributed by atoms with Gasteiger partial charge < -0.3 is 21.5 Å². The first-order chi connectivity index (χ1) is 22.0. The second-order valence-corrected chi connectivity index (χ2v) is 11.5. The Hall–Kier alpha value is -3.46. The molecular formula is C37H55N5O3. The molecule has 0 spiro atoms. The number of carbonyl (C=O) groups is 2. The van der Waals surface area contributed by atoms with E-state index in [4.69, 9.17) is 5.73 Å². The van der Waals surface area contributed by atoms with Crippen LogP contribution in [0.25, 0.3) is 0 Å². The van der Waals surface area contributed by atoms with Crippen molar-refractivity contribution in [2.75, 3.05) is 13.1 Å². The Labute approximate surface area is 270 Å². The van der Waals surface area contributed by atoms with Gasteiger partial charge in [-0.15, -0.1) is 0 Å². The summed E-state index contributed by atoms with van der Waals surface area (Å²) in [7, 11) is 0. The Morgan fingerprint density at radius 1 is 0.711 bits per heavy atom. The summed E-state index contributed by atoms with van der Waals surface area (Å²) in [5.74, 6) is -2.48. The van der Waals surface area contributed by atoms with Crippen molar-refractivity contribution in [1.29, 1.82) is 0 Å². The van der Waals surface area contributed by atoms with E-state index in [1.54, 1.807) is 24.5 Å². The van der Waals surface area contributed by atoms with Crippen LogP contribution in [0.3, 0.4) is 0 Å². The zero-order valence-corrected chi connectivity index (χ0v) is 27.3. The van der Waals surface area contributed by atoms with Crippen LogP contribution in [0.15, 0.2) is 73.1 Å². The molecule has 2 heterocycles. The van der Waals surface area contributed by atoms with Crippen molar-refractivity contribution in [3.8, 4) is 0 Å². The number of carboxylic acids is 1. The molecule has 246 valence electrons. The highest BCUT2D eigenvalue weighted by molar-refractivity contribution is 6.08. The van der Waals surface area contributed by atoms with Crippen molar-refractivity contribution >= 4 is 11.8 Å². The minimum atomic E-state index is -1.08. The van der Waals surface area contributed by atoms with Gasteiger partial charge in [0.1, 0.15) is 5.92 Å². The van der Waals surface area contributed by atoms with Crippen molar-refractivity contribution in [1.82, 2.24) is 20.6 Å². The Morgan fingerprint density at radius 2 is 1.27 bits per heavy atom. The monoisotopic (exact) mass is 617 g/mol. The second-order valence-electron chi connectivity index (χ2n) is 11.5. The van der Waals surface area contributed by atoms with Crippen LogP contribution in [0.1, 0.15) is 111 Å². The standard InChI is InChI=1S/C25H28N4O3.C12H27N/c30-24(23(25(31)32)8-5-13-26-17-21-6-1-3-14-28-21)20-11-9-19(10-12-20)16-27-18-22-7-2-4-15-29-22;1-2-3-4-5-6-7-8-9-10-11-12-13/h1-4,6-7,9-12,14-15,23,26-27H,5,8,13,16-18H2,(H,31,32);2-13H2,1H3/t23-;/m0./s1. The van der Waals surface area contributed by atoms with Gasteiger partial charge in [0, 0.05) is 37.6 Å². The summed E-state index contributed by atoms with van der Waals surface area (Å²) in [6, 6.07) is 18.6. The van der Waals surface area contributed by atoms with Crippen LogP contribution in [0.5, 0.6) is 0 Å². The third-order valence-electron chi connectivity index (χ3n) is 7.65. The lowest BCUT2D eigenvalue weighted by Gasteiger charge is -2.12. The summed E-state index contributed by atoms with van der Waals surface area (Å²) in [5.41, 5.74) is 8.75. The Balaban J connectivity index is 0.000000459. The number of nitrogens with zero attached hydrogens (tertiary/aromatic N) is 2. The Bertz CT molecular complexity index is 1150. The molecule has 0 aliphatic rings. The van der Waals surface area contributed by atoms with Crippen LogP contribution >= 0.6 is 0 Å². The molecule has 3 aromatic rings. The number of pyridine rings is 2. The Morgan fingerprint density at radius 3 is 1.78 bits per heavy atom. The van der Waals surface area contributed by atoms with Gasteiger partial charge in [0.05, 0.1) is 11.4 Å². The molecule has 1 aromatic carbocycles. The Kier molecular flexibility index (Phi) is 20.8. The van der Waals surface area contributed by atoms with E-state index >= 15 is 0 Å². The second kappa shape index (κ2) is 24.8. The number of unbranched alkanes of at least 4 members (excludes halogenated alkanes) is 9. The number of Topliss-reactive ketones (excluding diaryl/α,β-unsaturated/α-hetero) is 1. The summed E-state index contributed by atoms with van der Waals surface area (Å²) >= 11 is 0. The fourth-order valence-corrected chi connectivity index (χ4v) is 4.97. The largest absolute Gasteiger partial charge is 0.481 e. The molecule has 0 bridgehead atoms. The molecule has 0 radical (unpaired) electrons. The number of aromatic nitrogens is 2. The molecule has 0 saturated carbocycles. The lowest BCUT2D eigenvalue weighted by Crippen LogP contribution is -2.25. The average molecular weight is 618 g/mol. The van der Waals surface area contributed by atoms with Gasteiger partial charge in [-0.1, -0.05) is 101 Å². The number of nitrogens with two attached hydrogens (primary N) is 1. The molecule has 45 heavy (non-hydrogen) atoms. The summed E-state index contributed by atoms with van der Waals surface area (Å²) in [6.45, 7) is 5.66. The van der Waals surface area contributed by atoms with Gasteiger partial charge in [-0.3, -0.25) is 19.6 Å². The summed E-state index contributed by atoms with van der Waals surface area (Å²) < 4.78 is 0. The number of hydrogen-bond donors (Lipinski definition) is 4. The van der Waals surface area contributed by atoms with E-state index in [-0.39, 0.29) is 12.2 Å². The summed E-state index contributed by atoms with van der Waals surface area (Å²) in [5, 5.41) is 16.1. The van der Waals surface area contributed by atoms with Gasteiger partial charge in [-0.05, 0) is 62.2 Å². The van der Waals surface area contributed by atoms with E-state index in [0.717, 1.165) is 23.5 Å².